The number of methoxy groups -OCH3 is 1. The van der Waals surface area contributed by atoms with E-state index in [9.17, 15) is 0 Å². The van der Waals surface area contributed by atoms with Crippen LogP contribution in [0.15, 0.2) is 28.9 Å². The lowest BCUT2D eigenvalue weighted by Crippen LogP contribution is -2.30. The number of nitrogens with one attached hydrogen (secondary N) is 2. The number of aromatic nitrogens is 2. The van der Waals surface area contributed by atoms with Crippen LogP contribution in [0.2, 0.25) is 5.02 Å². The number of thiocarbonyl (C=S) groups is 1. The Balaban J connectivity index is 1.78. The molecule has 0 aliphatic rings. The van der Waals surface area contributed by atoms with Gasteiger partial charge in [0.05, 0.1) is 23.0 Å². The smallest absolute Gasteiger partial charge is 0.170 e. The second-order valence-corrected chi connectivity index (χ2v) is 6.60. The van der Waals surface area contributed by atoms with Crippen LogP contribution in [-0.4, -0.2) is 28.5 Å². The molecule has 0 saturated carbocycles. The predicted molar refractivity (Wildman–Crippen MR) is 102 cm³/mol. The summed E-state index contributed by atoms with van der Waals surface area (Å²) in [4.78, 5) is 0. The first-order valence-corrected chi connectivity index (χ1v) is 8.65. The zero-order chi connectivity index (χ0) is 16.8. The average molecular weight is 418 g/mol. The zero-order valence-electron chi connectivity index (χ0n) is 12.9. The number of aryl methyl sites for hydroxylation is 2. The molecule has 0 amide bonds. The summed E-state index contributed by atoms with van der Waals surface area (Å²) in [6.07, 6.45) is 2.88. The fourth-order valence-corrected chi connectivity index (χ4v) is 2.70. The van der Waals surface area contributed by atoms with Gasteiger partial charge in [-0.05, 0) is 59.7 Å². The Morgan fingerprint density at radius 1 is 1.48 bits per heavy atom. The number of nitrogens with zero attached hydrogens (tertiary/aromatic N) is 2. The van der Waals surface area contributed by atoms with Crippen LogP contribution in [0.1, 0.15) is 12.1 Å². The van der Waals surface area contributed by atoms with Gasteiger partial charge in [-0.15, -0.1) is 0 Å². The molecule has 5 nitrogen and oxygen atoms in total. The van der Waals surface area contributed by atoms with Gasteiger partial charge in [-0.2, -0.15) is 5.10 Å². The van der Waals surface area contributed by atoms with Crippen molar-refractivity contribution in [3.8, 4) is 5.75 Å². The Kier molecular flexibility index (Phi) is 6.68. The van der Waals surface area contributed by atoms with E-state index in [0.29, 0.717) is 15.9 Å². The van der Waals surface area contributed by atoms with Crippen molar-refractivity contribution in [1.29, 1.82) is 0 Å². The maximum absolute atomic E-state index is 5.99. The highest BCUT2D eigenvalue weighted by Crippen LogP contribution is 2.27. The van der Waals surface area contributed by atoms with E-state index in [2.05, 4.69) is 31.7 Å². The van der Waals surface area contributed by atoms with Crippen molar-refractivity contribution in [2.75, 3.05) is 19.0 Å². The number of hydrogen-bond donors (Lipinski definition) is 2. The topological polar surface area (TPSA) is 51.1 Å². The predicted octanol–water partition coefficient (Wildman–Crippen LogP) is 3.99. The highest BCUT2D eigenvalue weighted by molar-refractivity contribution is 9.10. The van der Waals surface area contributed by atoms with Gasteiger partial charge in [0.2, 0.25) is 0 Å². The molecule has 0 unspecified atom stereocenters. The normalized spacial score (nSPS) is 10.4. The molecule has 0 saturated heterocycles. The second kappa shape index (κ2) is 8.52. The number of benzene rings is 1. The third kappa shape index (κ3) is 5.37. The Labute approximate surface area is 154 Å². The lowest BCUT2D eigenvalue weighted by molar-refractivity contribution is 0.417. The SMILES string of the molecule is COc1ccc(Cl)cc1NC(=S)NCCCn1cc(Br)c(C)n1. The third-order valence-electron chi connectivity index (χ3n) is 3.15. The third-order valence-corrected chi connectivity index (χ3v) is 4.41. The van der Waals surface area contributed by atoms with E-state index in [1.807, 2.05) is 17.8 Å². The second-order valence-electron chi connectivity index (χ2n) is 4.90. The van der Waals surface area contributed by atoms with E-state index >= 15 is 0 Å². The van der Waals surface area contributed by atoms with E-state index in [4.69, 9.17) is 28.6 Å². The van der Waals surface area contributed by atoms with Gasteiger partial charge < -0.3 is 15.4 Å². The maximum atomic E-state index is 5.99. The van der Waals surface area contributed by atoms with Gasteiger partial charge in [-0.25, -0.2) is 0 Å². The number of rotatable bonds is 6. The summed E-state index contributed by atoms with van der Waals surface area (Å²) in [5.74, 6) is 0.690. The molecule has 2 N–H and O–H groups in total. The molecule has 0 atom stereocenters. The molecule has 8 heteroatoms. The van der Waals surface area contributed by atoms with Crippen molar-refractivity contribution in [1.82, 2.24) is 15.1 Å². The van der Waals surface area contributed by atoms with Gasteiger partial charge in [0.15, 0.2) is 5.11 Å². The zero-order valence-corrected chi connectivity index (χ0v) is 16.1. The molecular formula is C15H18BrClN4OS. The van der Waals surface area contributed by atoms with Gasteiger partial charge >= 0.3 is 0 Å². The quantitative estimate of drug-likeness (QED) is 0.550. The molecule has 1 aromatic carbocycles. The molecule has 1 aromatic heterocycles. The van der Waals surface area contributed by atoms with Crippen LogP contribution >= 0.6 is 39.7 Å². The van der Waals surface area contributed by atoms with Crippen molar-refractivity contribution in [2.24, 2.45) is 0 Å². The summed E-state index contributed by atoms with van der Waals surface area (Å²) in [6.45, 7) is 3.53. The number of ether oxygens (including phenoxy) is 1. The van der Waals surface area contributed by atoms with Gasteiger partial charge in [-0.1, -0.05) is 11.6 Å². The van der Waals surface area contributed by atoms with Gasteiger partial charge in [0.25, 0.3) is 0 Å². The molecule has 0 aliphatic heterocycles. The fourth-order valence-electron chi connectivity index (χ4n) is 2.00. The average Bonchev–Trinajstić information content (AvgIpc) is 2.82. The van der Waals surface area contributed by atoms with E-state index in [-0.39, 0.29) is 0 Å². The van der Waals surface area contributed by atoms with Crippen molar-refractivity contribution >= 4 is 50.5 Å². The minimum atomic E-state index is 0.531. The van der Waals surface area contributed by atoms with E-state index in [0.717, 1.165) is 35.4 Å². The van der Waals surface area contributed by atoms with Crippen molar-refractivity contribution in [3.63, 3.8) is 0 Å². The summed E-state index contributed by atoms with van der Waals surface area (Å²) < 4.78 is 8.21. The first-order valence-electron chi connectivity index (χ1n) is 7.07. The van der Waals surface area contributed by atoms with Crippen LogP contribution in [0, 0.1) is 6.92 Å². The molecule has 2 aromatic rings. The lowest BCUT2D eigenvalue weighted by atomic mass is 10.3. The monoisotopic (exact) mass is 416 g/mol. The fraction of sp³-hybridized carbons (Fsp3) is 0.333. The van der Waals surface area contributed by atoms with Crippen LogP contribution < -0.4 is 15.4 Å². The van der Waals surface area contributed by atoms with Crippen LogP contribution in [-0.2, 0) is 6.54 Å². The minimum absolute atomic E-state index is 0.531. The lowest BCUT2D eigenvalue weighted by Gasteiger charge is -2.13. The molecule has 2 rings (SSSR count). The van der Waals surface area contributed by atoms with Gasteiger partial charge in [0, 0.05) is 24.3 Å². The summed E-state index contributed by atoms with van der Waals surface area (Å²) >= 11 is 14.7. The maximum Gasteiger partial charge on any atom is 0.170 e. The van der Waals surface area contributed by atoms with Crippen molar-refractivity contribution < 1.29 is 4.74 Å². The number of hydrogen-bond acceptors (Lipinski definition) is 3. The Hall–Kier alpha value is -1.31. The molecule has 0 bridgehead atoms. The Bertz CT molecular complexity index is 673. The minimum Gasteiger partial charge on any atom is -0.495 e. The largest absolute Gasteiger partial charge is 0.495 e. The van der Waals surface area contributed by atoms with Gasteiger partial charge in [-0.3, -0.25) is 4.68 Å². The van der Waals surface area contributed by atoms with Crippen molar-refractivity contribution in [2.45, 2.75) is 19.9 Å². The molecular weight excluding hydrogens is 400 g/mol. The van der Waals surface area contributed by atoms with E-state index in [1.54, 1.807) is 25.3 Å². The number of halogens is 2. The summed E-state index contributed by atoms with van der Waals surface area (Å²) in [6, 6.07) is 5.34. The standard InChI is InChI=1S/C15H18BrClN4OS/c1-10-12(16)9-21(20-10)7-3-6-18-15(23)19-13-8-11(17)4-5-14(13)22-2/h4-5,8-9H,3,6-7H2,1-2H3,(H2,18,19,23). The molecule has 0 radical (unpaired) electrons. The molecule has 0 spiro atoms. The molecule has 0 fully saturated rings. The first kappa shape index (κ1) is 18.0. The Morgan fingerprint density at radius 3 is 2.91 bits per heavy atom. The molecule has 1 heterocycles. The summed E-state index contributed by atoms with van der Waals surface area (Å²) in [5, 5.41) is 11.8. The summed E-state index contributed by atoms with van der Waals surface area (Å²) in [5.41, 5.74) is 1.73. The first-order chi connectivity index (χ1) is 11.0. The number of anilines is 1. The van der Waals surface area contributed by atoms with E-state index < -0.39 is 0 Å². The van der Waals surface area contributed by atoms with Crippen LogP contribution in [0.25, 0.3) is 0 Å². The summed E-state index contributed by atoms with van der Waals surface area (Å²) in [7, 11) is 1.61. The Morgan fingerprint density at radius 2 is 2.26 bits per heavy atom. The molecule has 124 valence electrons. The van der Waals surface area contributed by atoms with Crippen molar-refractivity contribution in [3.05, 3.63) is 39.6 Å². The molecule has 0 aliphatic carbocycles. The van der Waals surface area contributed by atoms with E-state index in [1.165, 1.54) is 0 Å². The molecule has 23 heavy (non-hydrogen) atoms. The highest BCUT2D eigenvalue weighted by atomic mass is 79.9. The van der Waals surface area contributed by atoms with Crippen LogP contribution in [0.3, 0.4) is 0 Å². The highest BCUT2D eigenvalue weighted by Gasteiger charge is 2.06. The van der Waals surface area contributed by atoms with Crippen LogP contribution in [0.5, 0.6) is 5.75 Å². The van der Waals surface area contributed by atoms with Gasteiger partial charge in [0.1, 0.15) is 5.75 Å². The van der Waals surface area contributed by atoms with Crippen LogP contribution in [0.4, 0.5) is 5.69 Å².